The molecule has 0 saturated heterocycles. The standard InChI is InChI=1S/C15H21ClN2O/c1-10(2)18-15(19)5-6-17-14-8-11-3-4-13(16)7-12(11)9-14/h3-4,7,10,14,17H,5-6,8-9H2,1-2H3,(H,18,19). The third kappa shape index (κ3) is 4.22. The number of benzene rings is 1. The van der Waals surface area contributed by atoms with Gasteiger partial charge in [-0.05, 0) is 49.9 Å². The van der Waals surface area contributed by atoms with Crippen LogP contribution in [0.1, 0.15) is 31.4 Å². The average Bonchev–Trinajstić information content (AvgIpc) is 2.69. The minimum Gasteiger partial charge on any atom is -0.354 e. The maximum atomic E-state index is 11.5. The molecule has 1 aromatic rings. The molecule has 0 radical (unpaired) electrons. The van der Waals surface area contributed by atoms with Gasteiger partial charge in [0.1, 0.15) is 0 Å². The average molecular weight is 281 g/mol. The van der Waals surface area contributed by atoms with Gasteiger partial charge in [0, 0.05) is 30.1 Å². The lowest BCUT2D eigenvalue weighted by Gasteiger charge is -2.12. The van der Waals surface area contributed by atoms with Crippen molar-refractivity contribution < 1.29 is 4.79 Å². The molecule has 1 unspecified atom stereocenters. The molecule has 1 aliphatic rings. The van der Waals surface area contributed by atoms with Crippen LogP contribution in [0.4, 0.5) is 0 Å². The molecule has 19 heavy (non-hydrogen) atoms. The quantitative estimate of drug-likeness (QED) is 0.869. The fraction of sp³-hybridized carbons (Fsp3) is 0.533. The Bertz CT molecular complexity index is 459. The summed E-state index contributed by atoms with van der Waals surface area (Å²) in [6.07, 6.45) is 2.56. The van der Waals surface area contributed by atoms with Gasteiger partial charge in [-0.2, -0.15) is 0 Å². The zero-order valence-corrected chi connectivity index (χ0v) is 12.3. The van der Waals surface area contributed by atoms with Gasteiger partial charge in [0.2, 0.25) is 5.91 Å². The van der Waals surface area contributed by atoms with Crippen LogP contribution < -0.4 is 10.6 Å². The molecule has 2 rings (SSSR count). The lowest BCUT2D eigenvalue weighted by molar-refractivity contribution is -0.121. The van der Waals surface area contributed by atoms with Gasteiger partial charge in [-0.15, -0.1) is 0 Å². The molecule has 104 valence electrons. The minimum absolute atomic E-state index is 0.112. The summed E-state index contributed by atoms with van der Waals surface area (Å²) in [5.74, 6) is 0.112. The van der Waals surface area contributed by atoms with Gasteiger partial charge < -0.3 is 10.6 Å². The van der Waals surface area contributed by atoms with E-state index in [0.29, 0.717) is 12.5 Å². The van der Waals surface area contributed by atoms with Crippen LogP contribution in [-0.4, -0.2) is 24.5 Å². The van der Waals surface area contributed by atoms with Crippen molar-refractivity contribution in [2.45, 2.75) is 45.2 Å². The van der Waals surface area contributed by atoms with Gasteiger partial charge in [-0.3, -0.25) is 4.79 Å². The van der Waals surface area contributed by atoms with E-state index < -0.39 is 0 Å². The Labute approximate surface area is 119 Å². The number of nitrogens with one attached hydrogen (secondary N) is 2. The summed E-state index contributed by atoms with van der Waals surface area (Å²) in [6.45, 7) is 4.68. The van der Waals surface area contributed by atoms with E-state index in [1.165, 1.54) is 11.1 Å². The number of rotatable bonds is 5. The molecule has 0 aliphatic heterocycles. The van der Waals surface area contributed by atoms with Gasteiger partial charge in [0.25, 0.3) is 0 Å². The molecule has 0 saturated carbocycles. The van der Waals surface area contributed by atoms with Gasteiger partial charge in [-0.25, -0.2) is 0 Å². The lowest BCUT2D eigenvalue weighted by Crippen LogP contribution is -2.36. The molecule has 0 heterocycles. The molecule has 0 fully saturated rings. The first kappa shape index (κ1) is 14.4. The van der Waals surface area contributed by atoms with Crippen molar-refractivity contribution in [1.82, 2.24) is 10.6 Å². The summed E-state index contributed by atoms with van der Waals surface area (Å²) in [5.41, 5.74) is 2.70. The molecule has 0 bridgehead atoms. The summed E-state index contributed by atoms with van der Waals surface area (Å²) in [6, 6.07) is 6.74. The van der Waals surface area contributed by atoms with E-state index >= 15 is 0 Å². The Balaban J connectivity index is 1.74. The molecule has 0 spiro atoms. The van der Waals surface area contributed by atoms with Crippen LogP contribution in [-0.2, 0) is 17.6 Å². The van der Waals surface area contributed by atoms with Crippen molar-refractivity contribution in [3.05, 3.63) is 34.3 Å². The van der Waals surface area contributed by atoms with E-state index in [-0.39, 0.29) is 11.9 Å². The smallest absolute Gasteiger partial charge is 0.221 e. The number of amides is 1. The summed E-state index contributed by atoms with van der Waals surface area (Å²) in [7, 11) is 0. The second-order valence-corrected chi connectivity index (χ2v) is 5.88. The highest BCUT2D eigenvalue weighted by Crippen LogP contribution is 2.25. The fourth-order valence-electron chi connectivity index (χ4n) is 2.52. The largest absolute Gasteiger partial charge is 0.354 e. The maximum Gasteiger partial charge on any atom is 0.221 e. The van der Waals surface area contributed by atoms with Crippen LogP contribution in [0.5, 0.6) is 0 Å². The van der Waals surface area contributed by atoms with E-state index in [2.05, 4.69) is 16.7 Å². The first-order chi connectivity index (χ1) is 9.04. The summed E-state index contributed by atoms with van der Waals surface area (Å²) in [4.78, 5) is 11.5. The zero-order valence-electron chi connectivity index (χ0n) is 11.5. The number of fused-ring (bicyclic) bond motifs is 1. The molecule has 2 N–H and O–H groups in total. The maximum absolute atomic E-state index is 11.5. The molecule has 4 heteroatoms. The van der Waals surface area contributed by atoms with Crippen LogP contribution >= 0.6 is 11.6 Å². The van der Waals surface area contributed by atoms with E-state index in [1.54, 1.807) is 0 Å². The second kappa shape index (κ2) is 6.40. The number of carbonyl (C=O) groups is 1. The van der Waals surface area contributed by atoms with Crippen LogP contribution in [0.3, 0.4) is 0 Å². The summed E-state index contributed by atoms with van der Waals surface area (Å²) in [5, 5.41) is 7.15. The van der Waals surface area contributed by atoms with Crippen molar-refractivity contribution in [1.29, 1.82) is 0 Å². The first-order valence-corrected chi connectivity index (χ1v) is 7.22. The van der Waals surface area contributed by atoms with Crippen molar-refractivity contribution in [3.8, 4) is 0 Å². The summed E-state index contributed by atoms with van der Waals surface area (Å²) >= 11 is 5.99. The molecule has 1 aromatic carbocycles. The monoisotopic (exact) mass is 280 g/mol. The van der Waals surface area contributed by atoms with E-state index in [1.807, 2.05) is 26.0 Å². The lowest BCUT2D eigenvalue weighted by atomic mass is 10.1. The van der Waals surface area contributed by atoms with E-state index in [0.717, 1.165) is 24.4 Å². The first-order valence-electron chi connectivity index (χ1n) is 6.84. The molecule has 0 aromatic heterocycles. The van der Waals surface area contributed by atoms with Gasteiger partial charge in [-0.1, -0.05) is 17.7 Å². The van der Waals surface area contributed by atoms with Crippen LogP contribution in [0.2, 0.25) is 5.02 Å². The molecule has 3 nitrogen and oxygen atoms in total. The topological polar surface area (TPSA) is 41.1 Å². The molecule has 1 atom stereocenters. The highest BCUT2D eigenvalue weighted by Gasteiger charge is 2.21. The van der Waals surface area contributed by atoms with Gasteiger partial charge in [0.05, 0.1) is 0 Å². The molecular formula is C15H21ClN2O. The Morgan fingerprint density at radius 3 is 2.84 bits per heavy atom. The number of carbonyl (C=O) groups excluding carboxylic acids is 1. The van der Waals surface area contributed by atoms with Crippen LogP contribution in [0, 0.1) is 0 Å². The van der Waals surface area contributed by atoms with Gasteiger partial charge >= 0.3 is 0 Å². The van der Waals surface area contributed by atoms with Gasteiger partial charge in [0.15, 0.2) is 0 Å². The fourth-order valence-corrected chi connectivity index (χ4v) is 2.71. The normalized spacial score (nSPS) is 17.6. The number of hydrogen-bond acceptors (Lipinski definition) is 2. The minimum atomic E-state index is 0.112. The predicted octanol–water partition coefficient (Wildman–Crippen LogP) is 2.31. The number of halogens is 1. The van der Waals surface area contributed by atoms with Crippen LogP contribution in [0.25, 0.3) is 0 Å². The van der Waals surface area contributed by atoms with Crippen molar-refractivity contribution in [2.75, 3.05) is 6.54 Å². The van der Waals surface area contributed by atoms with Crippen molar-refractivity contribution in [3.63, 3.8) is 0 Å². The summed E-state index contributed by atoms with van der Waals surface area (Å²) < 4.78 is 0. The molecule has 1 aliphatic carbocycles. The van der Waals surface area contributed by atoms with E-state index in [4.69, 9.17) is 11.6 Å². The Morgan fingerprint density at radius 1 is 1.37 bits per heavy atom. The van der Waals surface area contributed by atoms with Crippen molar-refractivity contribution in [2.24, 2.45) is 0 Å². The van der Waals surface area contributed by atoms with Crippen molar-refractivity contribution >= 4 is 17.5 Å². The third-order valence-electron chi connectivity index (χ3n) is 3.34. The molecule has 1 amide bonds. The SMILES string of the molecule is CC(C)NC(=O)CCNC1Cc2ccc(Cl)cc2C1. The highest BCUT2D eigenvalue weighted by atomic mass is 35.5. The molecular weight excluding hydrogens is 260 g/mol. The Morgan fingerprint density at radius 2 is 2.11 bits per heavy atom. The third-order valence-corrected chi connectivity index (χ3v) is 3.57. The van der Waals surface area contributed by atoms with E-state index in [9.17, 15) is 4.79 Å². The zero-order chi connectivity index (χ0) is 13.8. The number of hydrogen-bond donors (Lipinski definition) is 2. The Kier molecular flexibility index (Phi) is 4.83. The Hall–Kier alpha value is -1.06. The second-order valence-electron chi connectivity index (χ2n) is 5.44. The highest BCUT2D eigenvalue weighted by molar-refractivity contribution is 6.30. The predicted molar refractivity (Wildman–Crippen MR) is 78.5 cm³/mol. The van der Waals surface area contributed by atoms with Crippen LogP contribution in [0.15, 0.2) is 18.2 Å².